The summed E-state index contributed by atoms with van der Waals surface area (Å²) in [6, 6.07) is 40.4. The van der Waals surface area contributed by atoms with Gasteiger partial charge in [-0.05, 0) is 6.42 Å². The van der Waals surface area contributed by atoms with Gasteiger partial charge in [0.1, 0.15) is 25.9 Å². The normalized spacial score (nSPS) is 10.1. The summed E-state index contributed by atoms with van der Waals surface area (Å²) in [5.74, 6) is 3.08. The van der Waals surface area contributed by atoms with E-state index in [1.807, 2.05) is 43.3 Å². The van der Waals surface area contributed by atoms with E-state index in [-0.39, 0.29) is 84.7 Å². The molecule has 0 fully saturated rings. The summed E-state index contributed by atoms with van der Waals surface area (Å²) >= 11 is 0. The third kappa shape index (κ3) is 18.5. The van der Waals surface area contributed by atoms with Crippen LogP contribution < -0.4 is 18.9 Å². The van der Waals surface area contributed by atoms with Crippen LogP contribution in [0.4, 0.5) is 0 Å². The summed E-state index contributed by atoms with van der Waals surface area (Å²) in [6.45, 7) is 2.68. The molecule has 0 aliphatic heterocycles. The quantitative estimate of drug-likeness (QED) is 0.210. The second kappa shape index (κ2) is 25.0. The molecular formula is C32H34O6Y2-4. The topological polar surface area (TPSA) is 77.4 Å². The molecule has 0 bridgehead atoms. The Labute approximate surface area is 288 Å². The first kappa shape index (κ1) is 38.2. The number of hydrogen-bond acceptors (Lipinski definition) is 6. The fraction of sp³-hybridized carbons (Fsp3) is 0.250. The van der Waals surface area contributed by atoms with Gasteiger partial charge in [-0.15, -0.1) is 48.5 Å². The van der Waals surface area contributed by atoms with E-state index in [0.717, 1.165) is 17.9 Å². The molecule has 1 atom stereocenters. The largest absolute Gasteiger partial charge is 0.522 e. The number of aliphatic hydroxyl groups excluding tert-OH is 2. The zero-order valence-electron chi connectivity index (χ0n) is 22.9. The van der Waals surface area contributed by atoms with Crippen LogP contribution in [0, 0.1) is 24.3 Å². The van der Waals surface area contributed by atoms with E-state index < -0.39 is 6.10 Å². The fourth-order valence-electron chi connectivity index (χ4n) is 2.65. The molecule has 0 amide bonds. The number of aliphatic hydroxyl groups is 2. The Kier molecular flexibility index (Phi) is 23.8. The van der Waals surface area contributed by atoms with Crippen molar-refractivity contribution in [3.8, 4) is 23.0 Å². The van der Waals surface area contributed by atoms with Gasteiger partial charge in [0, 0.05) is 88.4 Å². The Morgan fingerprint density at radius 2 is 0.800 bits per heavy atom. The molecule has 6 nitrogen and oxygen atoms in total. The van der Waals surface area contributed by atoms with Crippen LogP contribution in [0.25, 0.3) is 0 Å². The van der Waals surface area contributed by atoms with Crippen molar-refractivity contribution in [3.05, 3.63) is 121 Å². The molecule has 40 heavy (non-hydrogen) atoms. The van der Waals surface area contributed by atoms with Crippen molar-refractivity contribution >= 4 is 0 Å². The standard InChI is InChI=1S/C15H14O3.C10H13O2.C7H7O.2Y/c16-13(11-17-14-7-3-1-4-8-14)12-18-15-9-5-2-6-10-15;1-2-9(11)8-12-10-6-4-3-5-7-10;1-8-7-5-3-2-4-6-7;;/h3-10,13,16H,11-12H2;4-7,9,11H,2,8H2,1H3;3-6H,1H3;;/q-2;2*-1;;. The monoisotopic (exact) mass is 692 g/mol. The number of benzene rings is 4. The van der Waals surface area contributed by atoms with Crippen LogP contribution in [0.3, 0.4) is 0 Å². The first-order chi connectivity index (χ1) is 18.6. The van der Waals surface area contributed by atoms with Gasteiger partial charge < -0.3 is 29.2 Å². The molecular weight excluding hydrogens is 658 g/mol. The molecule has 4 aromatic carbocycles. The molecule has 0 saturated carbocycles. The maximum Gasteiger partial charge on any atom is 0.122 e. The summed E-state index contributed by atoms with van der Waals surface area (Å²) in [5.41, 5.74) is 0. The van der Waals surface area contributed by atoms with E-state index in [0.29, 0.717) is 18.1 Å². The minimum absolute atomic E-state index is 0. The van der Waals surface area contributed by atoms with Crippen molar-refractivity contribution in [2.24, 2.45) is 0 Å². The Balaban J connectivity index is 0.000000601. The van der Waals surface area contributed by atoms with E-state index in [1.165, 1.54) is 0 Å². The zero-order chi connectivity index (χ0) is 27.3. The summed E-state index contributed by atoms with van der Waals surface area (Å²) in [7, 11) is 1.65. The van der Waals surface area contributed by atoms with Crippen LogP contribution in [0.2, 0.25) is 0 Å². The summed E-state index contributed by atoms with van der Waals surface area (Å²) in [4.78, 5) is 0. The molecule has 0 heterocycles. The fourth-order valence-corrected chi connectivity index (χ4v) is 2.65. The van der Waals surface area contributed by atoms with Gasteiger partial charge in [-0.25, -0.2) is 0 Å². The van der Waals surface area contributed by atoms with E-state index in [1.54, 1.807) is 67.8 Å². The van der Waals surface area contributed by atoms with Gasteiger partial charge in [0.05, 0.1) is 13.2 Å². The molecule has 8 heteroatoms. The Hall–Kier alpha value is -1.79. The van der Waals surface area contributed by atoms with Crippen molar-refractivity contribution < 1.29 is 94.6 Å². The van der Waals surface area contributed by atoms with Gasteiger partial charge in [-0.3, -0.25) is 0 Å². The van der Waals surface area contributed by atoms with Gasteiger partial charge in [-0.2, -0.15) is 72.8 Å². The summed E-state index contributed by atoms with van der Waals surface area (Å²) in [5, 5.41) is 18.9. The molecule has 4 rings (SSSR count). The van der Waals surface area contributed by atoms with Gasteiger partial charge >= 0.3 is 0 Å². The van der Waals surface area contributed by atoms with Gasteiger partial charge in [-0.1, -0.05) is 6.92 Å². The van der Waals surface area contributed by atoms with Crippen LogP contribution in [0.1, 0.15) is 13.3 Å². The van der Waals surface area contributed by atoms with Crippen molar-refractivity contribution in [1.29, 1.82) is 0 Å². The van der Waals surface area contributed by atoms with Crippen LogP contribution in [0.5, 0.6) is 23.0 Å². The molecule has 4 aromatic rings. The van der Waals surface area contributed by atoms with Gasteiger partial charge in [0.25, 0.3) is 0 Å². The molecule has 0 spiro atoms. The minimum atomic E-state index is -0.668. The second-order valence-electron chi connectivity index (χ2n) is 7.80. The van der Waals surface area contributed by atoms with Crippen molar-refractivity contribution in [2.75, 3.05) is 26.9 Å². The van der Waals surface area contributed by atoms with E-state index in [2.05, 4.69) is 24.3 Å². The average Bonchev–Trinajstić information content (AvgIpc) is 3.00. The Morgan fingerprint density at radius 3 is 1.05 bits per heavy atom. The van der Waals surface area contributed by atoms with Crippen LogP contribution in [-0.4, -0.2) is 49.4 Å². The third-order valence-electron chi connectivity index (χ3n) is 4.78. The predicted octanol–water partition coefficient (Wildman–Crippen LogP) is 5.23. The molecule has 1 unspecified atom stereocenters. The molecule has 2 N–H and O–H groups in total. The van der Waals surface area contributed by atoms with Crippen LogP contribution in [0.15, 0.2) is 97.1 Å². The van der Waals surface area contributed by atoms with Crippen molar-refractivity contribution in [1.82, 2.24) is 0 Å². The number of ether oxygens (including phenoxy) is 4. The van der Waals surface area contributed by atoms with Gasteiger partial charge in [0.15, 0.2) is 0 Å². The van der Waals surface area contributed by atoms with E-state index >= 15 is 0 Å². The van der Waals surface area contributed by atoms with E-state index in [4.69, 9.17) is 18.9 Å². The van der Waals surface area contributed by atoms with Crippen LogP contribution in [-0.2, 0) is 65.4 Å². The molecule has 0 aliphatic carbocycles. The molecule has 0 aromatic heterocycles. The smallest absolute Gasteiger partial charge is 0.122 e. The Bertz CT molecular complexity index is 1030. The molecule has 0 aliphatic rings. The number of hydrogen-bond donors (Lipinski definition) is 2. The SMILES string of the molecule is CCC(O)COc1cc[c-]cc1.COc1cc[c-]cc1.OC(COc1cc[c-]cc1)COc1cc[c-]cc1.[Y].[Y]. The molecule has 208 valence electrons. The zero-order valence-corrected chi connectivity index (χ0v) is 28.6. The number of methoxy groups -OCH3 is 1. The van der Waals surface area contributed by atoms with Crippen LogP contribution >= 0.6 is 0 Å². The minimum Gasteiger partial charge on any atom is -0.522 e. The predicted molar refractivity (Wildman–Crippen MR) is 146 cm³/mol. The first-order valence-corrected chi connectivity index (χ1v) is 12.2. The number of rotatable bonds is 11. The maximum atomic E-state index is 9.71. The average molecular weight is 692 g/mol. The molecule has 2 radical (unpaired) electrons. The Morgan fingerprint density at radius 1 is 0.525 bits per heavy atom. The second-order valence-corrected chi connectivity index (χ2v) is 7.80. The van der Waals surface area contributed by atoms with Crippen molar-refractivity contribution in [2.45, 2.75) is 25.6 Å². The first-order valence-electron chi connectivity index (χ1n) is 12.2. The summed E-state index contributed by atoms with van der Waals surface area (Å²) in [6.07, 6.45) is -0.313. The molecule has 0 saturated heterocycles. The van der Waals surface area contributed by atoms with Gasteiger partial charge in [0.2, 0.25) is 0 Å². The third-order valence-corrected chi connectivity index (χ3v) is 4.78. The van der Waals surface area contributed by atoms with Crippen molar-refractivity contribution in [3.63, 3.8) is 0 Å². The van der Waals surface area contributed by atoms with E-state index in [9.17, 15) is 10.2 Å². The maximum absolute atomic E-state index is 9.71. The summed E-state index contributed by atoms with van der Waals surface area (Å²) < 4.78 is 21.0.